The third-order valence-corrected chi connectivity index (χ3v) is 3.70. The van der Waals surface area contributed by atoms with E-state index in [0.29, 0.717) is 17.1 Å². The maximum absolute atomic E-state index is 12.0. The highest BCUT2D eigenvalue weighted by Gasteiger charge is 2.22. The Labute approximate surface area is 120 Å². The van der Waals surface area contributed by atoms with Gasteiger partial charge in [-0.2, -0.15) is 0 Å². The second-order valence-corrected chi connectivity index (χ2v) is 5.20. The standard InChI is InChI=1S/C12H16N4O3S/c1-19-10-4-7(2-3-8(10)16-12(13)18)15-11(17)9-5-20-6-14-9/h2-4,9,14H,5-6H2,1H3,(H,15,17)(H3,13,16,18). The zero-order valence-corrected chi connectivity index (χ0v) is 11.8. The van der Waals surface area contributed by atoms with E-state index in [-0.39, 0.29) is 11.9 Å². The van der Waals surface area contributed by atoms with Crippen molar-refractivity contribution in [3.63, 3.8) is 0 Å². The summed E-state index contributed by atoms with van der Waals surface area (Å²) in [6, 6.07) is 4.07. The van der Waals surface area contributed by atoms with E-state index in [0.717, 1.165) is 11.6 Å². The first kappa shape index (κ1) is 14.5. The molecule has 1 atom stereocenters. The summed E-state index contributed by atoms with van der Waals surface area (Å²) in [4.78, 5) is 22.8. The highest BCUT2D eigenvalue weighted by Crippen LogP contribution is 2.28. The molecule has 1 aromatic rings. The van der Waals surface area contributed by atoms with Crippen molar-refractivity contribution < 1.29 is 14.3 Å². The van der Waals surface area contributed by atoms with Crippen molar-refractivity contribution in [2.24, 2.45) is 5.73 Å². The van der Waals surface area contributed by atoms with Crippen molar-refractivity contribution in [3.05, 3.63) is 18.2 Å². The van der Waals surface area contributed by atoms with Gasteiger partial charge in [-0.15, -0.1) is 11.8 Å². The quantitative estimate of drug-likeness (QED) is 0.657. The first-order chi connectivity index (χ1) is 9.60. The first-order valence-corrected chi connectivity index (χ1v) is 7.12. The molecule has 20 heavy (non-hydrogen) atoms. The van der Waals surface area contributed by atoms with Gasteiger partial charge in [0.05, 0.1) is 18.8 Å². The summed E-state index contributed by atoms with van der Waals surface area (Å²) in [6.07, 6.45) is 0. The first-order valence-electron chi connectivity index (χ1n) is 5.96. The van der Waals surface area contributed by atoms with E-state index >= 15 is 0 Å². The van der Waals surface area contributed by atoms with Gasteiger partial charge in [0.15, 0.2) is 0 Å². The lowest BCUT2D eigenvalue weighted by atomic mass is 10.2. The number of nitrogens with one attached hydrogen (secondary N) is 3. The van der Waals surface area contributed by atoms with E-state index in [1.54, 1.807) is 30.0 Å². The largest absolute Gasteiger partial charge is 0.494 e. The molecule has 3 amide bonds. The third-order valence-electron chi connectivity index (χ3n) is 2.76. The van der Waals surface area contributed by atoms with Crippen molar-refractivity contribution in [2.75, 3.05) is 29.4 Å². The van der Waals surface area contributed by atoms with Gasteiger partial charge in [0, 0.05) is 23.4 Å². The second kappa shape index (κ2) is 6.49. The van der Waals surface area contributed by atoms with Gasteiger partial charge in [-0.1, -0.05) is 0 Å². The van der Waals surface area contributed by atoms with E-state index in [4.69, 9.17) is 10.5 Å². The average molecular weight is 296 g/mol. The molecule has 1 aliphatic heterocycles. The number of amides is 3. The Hall–Kier alpha value is -1.93. The van der Waals surface area contributed by atoms with Crippen LogP contribution in [0.1, 0.15) is 0 Å². The molecule has 5 N–H and O–H groups in total. The number of methoxy groups -OCH3 is 1. The molecule has 1 saturated heterocycles. The number of ether oxygens (including phenoxy) is 1. The van der Waals surface area contributed by atoms with E-state index in [1.807, 2.05) is 0 Å². The summed E-state index contributed by atoms with van der Waals surface area (Å²) < 4.78 is 5.15. The number of urea groups is 1. The average Bonchev–Trinajstić information content (AvgIpc) is 2.94. The molecule has 7 nitrogen and oxygen atoms in total. The van der Waals surface area contributed by atoms with Gasteiger partial charge < -0.3 is 21.1 Å². The van der Waals surface area contributed by atoms with E-state index in [2.05, 4.69) is 16.0 Å². The van der Waals surface area contributed by atoms with Crippen molar-refractivity contribution in [1.82, 2.24) is 5.32 Å². The zero-order chi connectivity index (χ0) is 14.5. The monoisotopic (exact) mass is 296 g/mol. The maximum Gasteiger partial charge on any atom is 0.316 e. The van der Waals surface area contributed by atoms with Crippen molar-refractivity contribution in [3.8, 4) is 5.75 Å². The minimum atomic E-state index is -0.674. The van der Waals surface area contributed by atoms with Gasteiger partial charge in [-0.25, -0.2) is 4.79 Å². The number of primary amides is 1. The number of nitrogens with two attached hydrogens (primary N) is 1. The number of hydrogen-bond donors (Lipinski definition) is 4. The molecule has 1 unspecified atom stereocenters. The summed E-state index contributed by atoms with van der Waals surface area (Å²) in [5, 5.41) is 8.33. The SMILES string of the molecule is COc1cc(NC(=O)C2CSCN2)ccc1NC(N)=O. The molecule has 0 saturated carbocycles. The Bertz CT molecular complexity index is 517. The van der Waals surface area contributed by atoms with Crippen LogP contribution in [-0.2, 0) is 4.79 Å². The molecule has 108 valence electrons. The van der Waals surface area contributed by atoms with Crippen LogP contribution < -0.4 is 26.4 Å². The molecule has 2 rings (SSSR count). The van der Waals surface area contributed by atoms with Crippen molar-refractivity contribution in [1.29, 1.82) is 0 Å². The molecule has 1 fully saturated rings. The Kier molecular flexibility index (Phi) is 4.70. The molecule has 1 aromatic carbocycles. The lowest BCUT2D eigenvalue weighted by Crippen LogP contribution is -2.37. The van der Waals surface area contributed by atoms with Gasteiger partial charge in [-0.3, -0.25) is 10.1 Å². The Morgan fingerprint density at radius 1 is 1.45 bits per heavy atom. The fourth-order valence-electron chi connectivity index (χ4n) is 1.80. The van der Waals surface area contributed by atoms with Crippen LogP contribution in [0.4, 0.5) is 16.2 Å². The van der Waals surface area contributed by atoms with Gasteiger partial charge in [0.25, 0.3) is 0 Å². The zero-order valence-electron chi connectivity index (χ0n) is 10.9. The fraction of sp³-hybridized carbons (Fsp3) is 0.333. The van der Waals surface area contributed by atoms with Crippen LogP contribution in [0.2, 0.25) is 0 Å². The molecule has 0 aliphatic carbocycles. The summed E-state index contributed by atoms with van der Waals surface area (Å²) in [7, 11) is 1.47. The summed E-state index contributed by atoms with van der Waals surface area (Å²) in [5.74, 6) is 1.87. The Morgan fingerprint density at radius 3 is 2.85 bits per heavy atom. The van der Waals surface area contributed by atoms with Gasteiger partial charge in [0.1, 0.15) is 5.75 Å². The smallest absolute Gasteiger partial charge is 0.316 e. The molecular formula is C12H16N4O3S. The van der Waals surface area contributed by atoms with Crippen LogP contribution >= 0.6 is 11.8 Å². The highest BCUT2D eigenvalue weighted by atomic mass is 32.2. The van der Waals surface area contributed by atoms with Crippen molar-refractivity contribution in [2.45, 2.75) is 6.04 Å². The minimum absolute atomic E-state index is 0.0901. The van der Waals surface area contributed by atoms with E-state index in [1.165, 1.54) is 7.11 Å². The Morgan fingerprint density at radius 2 is 2.25 bits per heavy atom. The van der Waals surface area contributed by atoms with Crippen LogP contribution in [-0.4, -0.2) is 36.7 Å². The number of thioether (sulfide) groups is 1. The van der Waals surface area contributed by atoms with Crippen LogP contribution in [0.15, 0.2) is 18.2 Å². The minimum Gasteiger partial charge on any atom is -0.494 e. The molecular weight excluding hydrogens is 280 g/mol. The predicted molar refractivity (Wildman–Crippen MR) is 79.1 cm³/mol. The molecule has 0 spiro atoms. The normalized spacial score (nSPS) is 17.6. The topological polar surface area (TPSA) is 105 Å². The predicted octanol–water partition coefficient (Wildman–Crippen LogP) is 0.787. The van der Waals surface area contributed by atoms with Crippen molar-refractivity contribution >= 4 is 35.1 Å². The van der Waals surface area contributed by atoms with Crippen LogP contribution in [0.25, 0.3) is 0 Å². The summed E-state index contributed by atoms with van der Waals surface area (Å²) in [6.45, 7) is 0. The molecule has 8 heteroatoms. The fourth-order valence-corrected chi connectivity index (χ4v) is 2.74. The maximum atomic E-state index is 12.0. The number of carbonyl (C=O) groups excluding carboxylic acids is 2. The number of carbonyl (C=O) groups is 2. The van der Waals surface area contributed by atoms with Gasteiger partial charge >= 0.3 is 6.03 Å². The number of hydrogen-bond acceptors (Lipinski definition) is 5. The summed E-state index contributed by atoms with van der Waals surface area (Å²) >= 11 is 1.68. The number of anilines is 2. The molecule has 0 radical (unpaired) electrons. The van der Waals surface area contributed by atoms with Gasteiger partial charge in [-0.05, 0) is 12.1 Å². The third kappa shape index (κ3) is 3.55. The van der Waals surface area contributed by atoms with E-state index in [9.17, 15) is 9.59 Å². The summed E-state index contributed by atoms with van der Waals surface area (Å²) in [5.41, 5.74) is 6.11. The number of benzene rings is 1. The molecule has 1 heterocycles. The Balaban J connectivity index is 2.08. The number of rotatable bonds is 4. The lowest BCUT2D eigenvalue weighted by Gasteiger charge is -2.13. The van der Waals surface area contributed by atoms with Crippen LogP contribution in [0.5, 0.6) is 5.75 Å². The van der Waals surface area contributed by atoms with Gasteiger partial charge in [0.2, 0.25) is 5.91 Å². The molecule has 0 aromatic heterocycles. The van der Waals surface area contributed by atoms with Crippen LogP contribution in [0, 0.1) is 0 Å². The molecule has 1 aliphatic rings. The van der Waals surface area contributed by atoms with Crippen LogP contribution in [0.3, 0.4) is 0 Å². The molecule has 0 bridgehead atoms. The second-order valence-electron chi connectivity index (χ2n) is 4.17. The highest BCUT2D eigenvalue weighted by molar-refractivity contribution is 7.99. The van der Waals surface area contributed by atoms with E-state index < -0.39 is 6.03 Å². The lowest BCUT2D eigenvalue weighted by molar-refractivity contribution is -0.117.